The molecule has 78 valence electrons. The SMILES string of the molecule is CSC(=NC#N)Sc1ccc(C)c(Cl)c1. The number of halogens is 1. The molecule has 0 aliphatic rings. The first-order valence-corrected chi connectivity index (χ1v) is 6.54. The van der Waals surface area contributed by atoms with Gasteiger partial charge in [-0.05, 0) is 30.9 Å². The molecule has 0 aromatic heterocycles. The second-order valence-electron chi connectivity index (χ2n) is 2.69. The van der Waals surface area contributed by atoms with Gasteiger partial charge in [-0.1, -0.05) is 29.4 Å². The van der Waals surface area contributed by atoms with Crippen molar-refractivity contribution < 1.29 is 0 Å². The van der Waals surface area contributed by atoms with E-state index in [9.17, 15) is 0 Å². The van der Waals surface area contributed by atoms with Gasteiger partial charge in [0.05, 0.1) is 0 Å². The van der Waals surface area contributed by atoms with Crippen LogP contribution >= 0.6 is 35.1 Å². The van der Waals surface area contributed by atoms with Gasteiger partial charge in [0.2, 0.25) is 6.19 Å². The first kappa shape index (κ1) is 12.4. The number of aryl methyl sites for hydroxylation is 1. The normalized spacial score (nSPS) is 11.2. The monoisotopic (exact) mass is 256 g/mol. The van der Waals surface area contributed by atoms with Gasteiger partial charge in [-0.2, -0.15) is 10.3 Å². The maximum Gasteiger partial charge on any atom is 0.207 e. The maximum atomic E-state index is 8.45. The fraction of sp³-hybridized carbons (Fsp3) is 0.200. The highest BCUT2D eigenvalue weighted by atomic mass is 35.5. The largest absolute Gasteiger partial charge is 0.207 e. The molecule has 1 rings (SSSR count). The van der Waals surface area contributed by atoms with Crippen molar-refractivity contribution in [3.8, 4) is 6.19 Å². The van der Waals surface area contributed by atoms with Crippen LogP contribution in [-0.4, -0.2) is 10.6 Å². The molecule has 0 radical (unpaired) electrons. The number of hydrogen-bond acceptors (Lipinski definition) is 4. The molecule has 0 N–H and O–H groups in total. The van der Waals surface area contributed by atoms with E-state index in [0.29, 0.717) is 0 Å². The zero-order chi connectivity index (χ0) is 11.3. The molecule has 0 amide bonds. The van der Waals surface area contributed by atoms with Crippen molar-refractivity contribution in [1.29, 1.82) is 5.26 Å². The predicted molar refractivity (Wildman–Crippen MR) is 68.6 cm³/mol. The van der Waals surface area contributed by atoms with Crippen LogP contribution in [0.4, 0.5) is 0 Å². The Kier molecular flexibility index (Phi) is 5.03. The van der Waals surface area contributed by atoms with Crippen LogP contribution < -0.4 is 0 Å². The molecule has 15 heavy (non-hydrogen) atoms. The van der Waals surface area contributed by atoms with Crippen molar-refractivity contribution in [1.82, 2.24) is 0 Å². The number of aliphatic imine (C=N–C) groups is 1. The summed E-state index contributed by atoms with van der Waals surface area (Å²) in [5.74, 6) is 0. The zero-order valence-electron chi connectivity index (χ0n) is 8.32. The average molecular weight is 257 g/mol. The van der Waals surface area contributed by atoms with E-state index < -0.39 is 0 Å². The fourth-order valence-electron chi connectivity index (χ4n) is 0.889. The minimum atomic E-state index is 0.720. The molecule has 0 saturated carbocycles. The Morgan fingerprint density at radius 2 is 2.27 bits per heavy atom. The highest BCUT2D eigenvalue weighted by Crippen LogP contribution is 2.28. The topological polar surface area (TPSA) is 36.1 Å². The summed E-state index contributed by atoms with van der Waals surface area (Å²) < 4.78 is 0.720. The minimum absolute atomic E-state index is 0.720. The molecule has 0 fully saturated rings. The van der Waals surface area contributed by atoms with Crippen LogP contribution in [0.1, 0.15) is 5.56 Å². The van der Waals surface area contributed by atoms with Crippen LogP contribution in [0, 0.1) is 18.4 Å². The molecule has 0 bridgehead atoms. The summed E-state index contributed by atoms with van der Waals surface area (Å²) in [5, 5.41) is 9.19. The number of nitrogens with zero attached hydrogens (tertiary/aromatic N) is 2. The van der Waals surface area contributed by atoms with Crippen LogP contribution in [0.5, 0.6) is 0 Å². The molecular weight excluding hydrogens is 248 g/mol. The highest BCUT2D eigenvalue weighted by Gasteiger charge is 2.03. The van der Waals surface area contributed by atoms with E-state index in [0.717, 1.165) is 19.9 Å². The molecule has 0 aliphatic heterocycles. The Morgan fingerprint density at radius 1 is 1.53 bits per heavy atom. The Balaban J connectivity index is 2.86. The molecular formula is C10H9ClN2S2. The van der Waals surface area contributed by atoms with Gasteiger partial charge in [0.15, 0.2) is 0 Å². The summed E-state index contributed by atoms with van der Waals surface area (Å²) in [7, 11) is 0. The quantitative estimate of drug-likeness (QED) is 0.330. The standard InChI is InChI=1S/C10H9ClN2S2/c1-7-3-4-8(5-9(7)11)15-10(14-2)13-6-12/h3-5H,1-2H3. The maximum absolute atomic E-state index is 8.45. The van der Waals surface area contributed by atoms with E-state index in [4.69, 9.17) is 16.9 Å². The van der Waals surface area contributed by atoms with Crippen LogP contribution in [0.3, 0.4) is 0 Å². The Bertz CT molecular complexity index is 424. The lowest BCUT2D eigenvalue weighted by Crippen LogP contribution is -1.84. The van der Waals surface area contributed by atoms with Gasteiger partial charge >= 0.3 is 0 Å². The molecule has 1 aromatic rings. The van der Waals surface area contributed by atoms with Crippen LogP contribution in [0.15, 0.2) is 28.1 Å². The summed E-state index contributed by atoms with van der Waals surface area (Å²) in [6.45, 7) is 1.95. The first-order chi connectivity index (χ1) is 7.17. The highest BCUT2D eigenvalue weighted by molar-refractivity contribution is 8.38. The lowest BCUT2D eigenvalue weighted by molar-refractivity contribution is 1.38. The third-order valence-electron chi connectivity index (χ3n) is 1.66. The van der Waals surface area contributed by atoms with Crippen molar-refractivity contribution in [2.24, 2.45) is 4.99 Å². The summed E-state index contributed by atoms with van der Waals surface area (Å²) in [4.78, 5) is 4.69. The summed E-state index contributed by atoms with van der Waals surface area (Å²) >= 11 is 8.88. The van der Waals surface area contributed by atoms with E-state index in [-0.39, 0.29) is 0 Å². The lowest BCUT2D eigenvalue weighted by Gasteiger charge is -2.03. The molecule has 0 unspecified atom stereocenters. The molecule has 0 atom stereocenters. The number of thioether (sulfide) groups is 2. The third-order valence-corrected chi connectivity index (χ3v) is 4.02. The van der Waals surface area contributed by atoms with Crippen molar-refractivity contribution >= 4 is 39.5 Å². The number of benzene rings is 1. The van der Waals surface area contributed by atoms with Crippen molar-refractivity contribution in [3.05, 3.63) is 28.8 Å². The lowest BCUT2D eigenvalue weighted by atomic mass is 10.2. The van der Waals surface area contributed by atoms with Crippen molar-refractivity contribution in [2.45, 2.75) is 11.8 Å². The average Bonchev–Trinajstić information content (AvgIpc) is 2.23. The molecule has 1 aromatic carbocycles. The molecule has 2 nitrogen and oxygen atoms in total. The van der Waals surface area contributed by atoms with E-state index in [1.54, 1.807) is 6.19 Å². The molecule has 0 saturated heterocycles. The first-order valence-electron chi connectivity index (χ1n) is 4.12. The summed E-state index contributed by atoms with van der Waals surface area (Å²) in [6.07, 6.45) is 3.67. The second-order valence-corrected chi connectivity index (χ2v) is 5.22. The third kappa shape index (κ3) is 3.78. The van der Waals surface area contributed by atoms with Crippen LogP contribution in [0.2, 0.25) is 5.02 Å². The summed E-state index contributed by atoms with van der Waals surface area (Å²) in [6, 6.07) is 5.80. The Labute approximate surface area is 103 Å². The summed E-state index contributed by atoms with van der Waals surface area (Å²) in [5.41, 5.74) is 1.05. The van der Waals surface area contributed by atoms with Crippen molar-refractivity contribution in [2.75, 3.05) is 6.26 Å². The van der Waals surface area contributed by atoms with Gasteiger partial charge in [0, 0.05) is 9.92 Å². The van der Waals surface area contributed by atoms with E-state index in [1.165, 1.54) is 23.5 Å². The minimum Gasteiger partial charge on any atom is -0.170 e. The Hall–Kier alpha value is -0.630. The van der Waals surface area contributed by atoms with Crippen LogP contribution in [0.25, 0.3) is 0 Å². The molecule has 0 aliphatic carbocycles. The number of hydrogen-bond donors (Lipinski definition) is 0. The molecule has 0 spiro atoms. The van der Waals surface area contributed by atoms with Gasteiger partial charge < -0.3 is 0 Å². The number of rotatable bonds is 1. The molecule has 0 heterocycles. The zero-order valence-corrected chi connectivity index (χ0v) is 10.7. The van der Waals surface area contributed by atoms with Gasteiger partial charge in [-0.3, -0.25) is 0 Å². The Morgan fingerprint density at radius 3 is 2.80 bits per heavy atom. The van der Waals surface area contributed by atoms with E-state index >= 15 is 0 Å². The fourth-order valence-corrected chi connectivity index (χ4v) is 2.49. The number of nitriles is 1. The van der Waals surface area contributed by atoms with Crippen LogP contribution in [-0.2, 0) is 0 Å². The van der Waals surface area contributed by atoms with Gasteiger partial charge in [0.1, 0.15) is 4.38 Å². The predicted octanol–water partition coefficient (Wildman–Crippen LogP) is 3.94. The van der Waals surface area contributed by atoms with E-state index in [1.807, 2.05) is 31.4 Å². The second kappa shape index (κ2) is 6.06. The van der Waals surface area contributed by atoms with Crippen molar-refractivity contribution in [3.63, 3.8) is 0 Å². The van der Waals surface area contributed by atoms with Gasteiger partial charge in [-0.15, -0.1) is 11.8 Å². The molecule has 5 heteroatoms. The smallest absolute Gasteiger partial charge is 0.170 e. The van der Waals surface area contributed by atoms with Gasteiger partial charge in [-0.25, -0.2) is 0 Å². The van der Waals surface area contributed by atoms with E-state index in [2.05, 4.69) is 4.99 Å². The van der Waals surface area contributed by atoms with Gasteiger partial charge in [0.25, 0.3) is 0 Å².